The van der Waals surface area contributed by atoms with Crippen LogP contribution in [-0.2, 0) is 6.42 Å². The highest BCUT2D eigenvalue weighted by molar-refractivity contribution is 5.47. The SMILES string of the molecule is CCc1ccc(N(C)CC2CCCC(C)(C)C2N)cc1. The van der Waals surface area contributed by atoms with E-state index in [0.717, 1.165) is 13.0 Å². The molecule has 0 amide bonds. The molecule has 1 aliphatic carbocycles. The van der Waals surface area contributed by atoms with Gasteiger partial charge in [0.15, 0.2) is 0 Å². The molecule has 0 aromatic heterocycles. The fourth-order valence-electron chi connectivity index (χ4n) is 3.45. The van der Waals surface area contributed by atoms with Gasteiger partial charge in [-0.2, -0.15) is 0 Å². The van der Waals surface area contributed by atoms with E-state index in [0.29, 0.717) is 12.0 Å². The third-order valence-corrected chi connectivity index (χ3v) is 5.10. The summed E-state index contributed by atoms with van der Waals surface area (Å²) in [6.45, 7) is 7.90. The molecular formula is C18H30N2. The fraction of sp³-hybridized carbons (Fsp3) is 0.667. The molecule has 20 heavy (non-hydrogen) atoms. The molecule has 2 unspecified atom stereocenters. The van der Waals surface area contributed by atoms with Crippen molar-refractivity contribution >= 4 is 5.69 Å². The summed E-state index contributed by atoms with van der Waals surface area (Å²) in [4.78, 5) is 2.37. The van der Waals surface area contributed by atoms with Gasteiger partial charge in [0.2, 0.25) is 0 Å². The van der Waals surface area contributed by atoms with Crippen LogP contribution in [0.3, 0.4) is 0 Å². The van der Waals surface area contributed by atoms with Crippen molar-refractivity contribution in [2.75, 3.05) is 18.5 Å². The second-order valence-corrected chi connectivity index (χ2v) is 7.07. The molecule has 1 aromatic carbocycles. The van der Waals surface area contributed by atoms with Crippen LogP contribution in [0.25, 0.3) is 0 Å². The Labute approximate surface area is 124 Å². The van der Waals surface area contributed by atoms with Gasteiger partial charge in [-0.15, -0.1) is 0 Å². The third-order valence-electron chi connectivity index (χ3n) is 5.10. The zero-order valence-electron chi connectivity index (χ0n) is 13.5. The smallest absolute Gasteiger partial charge is 0.0363 e. The molecule has 2 rings (SSSR count). The quantitative estimate of drug-likeness (QED) is 0.904. The maximum Gasteiger partial charge on any atom is 0.0363 e. The van der Waals surface area contributed by atoms with Crippen molar-refractivity contribution in [3.63, 3.8) is 0 Å². The van der Waals surface area contributed by atoms with Gasteiger partial charge in [-0.1, -0.05) is 39.3 Å². The number of anilines is 1. The maximum atomic E-state index is 6.50. The van der Waals surface area contributed by atoms with Crippen molar-refractivity contribution in [2.45, 2.75) is 52.5 Å². The van der Waals surface area contributed by atoms with Gasteiger partial charge in [-0.25, -0.2) is 0 Å². The average molecular weight is 274 g/mol. The summed E-state index contributed by atoms with van der Waals surface area (Å²) < 4.78 is 0. The lowest BCUT2D eigenvalue weighted by Crippen LogP contribution is -2.49. The summed E-state index contributed by atoms with van der Waals surface area (Å²) in [5.41, 5.74) is 9.49. The van der Waals surface area contributed by atoms with Crippen molar-refractivity contribution in [1.29, 1.82) is 0 Å². The Bertz CT molecular complexity index is 422. The van der Waals surface area contributed by atoms with Gasteiger partial charge in [0.1, 0.15) is 0 Å². The normalized spacial score (nSPS) is 25.4. The van der Waals surface area contributed by atoms with Crippen molar-refractivity contribution in [1.82, 2.24) is 0 Å². The van der Waals surface area contributed by atoms with E-state index in [4.69, 9.17) is 5.73 Å². The van der Waals surface area contributed by atoms with Gasteiger partial charge in [0, 0.05) is 25.3 Å². The fourth-order valence-corrected chi connectivity index (χ4v) is 3.45. The molecule has 2 heteroatoms. The number of nitrogens with zero attached hydrogens (tertiary/aromatic N) is 1. The molecule has 0 spiro atoms. The molecule has 1 saturated carbocycles. The summed E-state index contributed by atoms with van der Waals surface area (Å²) in [5.74, 6) is 0.606. The van der Waals surface area contributed by atoms with E-state index in [1.165, 1.54) is 30.5 Å². The number of nitrogens with two attached hydrogens (primary N) is 1. The second-order valence-electron chi connectivity index (χ2n) is 7.07. The molecule has 1 aromatic rings. The largest absolute Gasteiger partial charge is 0.374 e. The van der Waals surface area contributed by atoms with Crippen molar-refractivity contribution in [3.05, 3.63) is 29.8 Å². The van der Waals surface area contributed by atoms with E-state index in [1.54, 1.807) is 0 Å². The number of hydrogen-bond donors (Lipinski definition) is 1. The summed E-state index contributed by atoms with van der Waals surface area (Å²) in [6, 6.07) is 9.25. The van der Waals surface area contributed by atoms with E-state index in [1.807, 2.05) is 0 Å². The van der Waals surface area contributed by atoms with E-state index in [2.05, 4.69) is 57.0 Å². The minimum atomic E-state index is 0.288. The van der Waals surface area contributed by atoms with Crippen LogP contribution >= 0.6 is 0 Å². The minimum Gasteiger partial charge on any atom is -0.374 e. The highest BCUT2D eigenvalue weighted by Crippen LogP contribution is 2.38. The summed E-state index contributed by atoms with van der Waals surface area (Å²) in [6.07, 6.45) is 4.95. The first-order chi connectivity index (χ1) is 9.44. The van der Waals surface area contributed by atoms with Crippen LogP contribution in [0, 0.1) is 11.3 Å². The van der Waals surface area contributed by atoms with Crippen LogP contribution in [0.5, 0.6) is 0 Å². The molecule has 2 nitrogen and oxygen atoms in total. The maximum absolute atomic E-state index is 6.50. The molecular weight excluding hydrogens is 244 g/mol. The molecule has 0 bridgehead atoms. The highest BCUT2D eigenvalue weighted by atomic mass is 15.1. The van der Waals surface area contributed by atoms with Gasteiger partial charge in [0.05, 0.1) is 0 Å². The Morgan fingerprint density at radius 2 is 1.90 bits per heavy atom. The first kappa shape index (κ1) is 15.4. The zero-order chi connectivity index (χ0) is 14.8. The lowest BCUT2D eigenvalue weighted by molar-refractivity contribution is 0.142. The monoisotopic (exact) mass is 274 g/mol. The molecule has 0 heterocycles. The number of benzene rings is 1. The van der Waals surface area contributed by atoms with Crippen LogP contribution in [0.15, 0.2) is 24.3 Å². The van der Waals surface area contributed by atoms with Gasteiger partial charge in [-0.05, 0) is 48.3 Å². The van der Waals surface area contributed by atoms with Crippen LogP contribution in [-0.4, -0.2) is 19.6 Å². The lowest BCUT2D eigenvalue weighted by Gasteiger charge is -2.43. The Morgan fingerprint density at radius 3 is 2.50 bits per heavy atom. The zero-order valence-corrected chi connectivity index (χ0v) is 13.5. The summed E-state index contributed by atoms with van der Waals surface area (Å²) in [7, 11) is 2.19. The molecule has 2 N–H and O–H groups in total. The van der Waals surface area contributed by atoms with Crippen LogP contribution < -0.4 is 10.6 Å². The Morgan fingerprint density at radius 1 is 1.25 bits per heavy atom. The molecule has 1 aliphatic rings. The molecule has 0 radical (unpaired) electrons. The lowest BCUT2D eigenvalue weighted by atomic mass is 9.68. The van der Waals surface area contributed by atoms with Crippen molar-refractivity contribution in [3.8, 4) is 0 Å². The molecule has 112 valence electrons. The summed E-state index contributed by atoms with van der Waals surface area (Å²) in [5, 5.41) is 0. The van der Waals surface area contributed by atoms with E-state index in [-0.39, 0.29) is 5.41 Å². The predicted molar refractivity (Wildman–Crippen MR) is 88.2 cm³/mol. The molecule has 1 fully saturated rings. The first-order valence-electron chi connectivity index (χ1n) is 7.99. The number of aryl methyl sites for hydroxylation is 1. The van der Waals surface area contributed by atoms with E-state index in [9.17, 15) is 0 Å². The van der Waals surface area contributed by atoms with Gasteiger partial charge in [0.25, 0.3) is 0 Å². The topological polar surface area (TPSA) is 29.3 Å². The van der Waals surface area contributed by atoms with Gasteiger partial charge >= 0.3 is 0 Å². The number of hydrogen-bond acceptors (Lipinski definition) is 2. The van der Waals surface area contributed by atoms with Crippen LogP contribution in [0.2, 0.25) is 0 Å². The van der Waals surface area contributed by atoms with E-state index < -0.39 is 0 Å². The standard InChI is InChI=1S/C18H30N2/c1-5-14-8-10-16(11-9-14)20(4)13-15-7-6-12-18(2,3)17(15)19/h8-11,15,17H,5-7,12-13,19H2,1-4H3. The first-order valence-corrected chi connectivity index (χ1v) is 7.99. The Hall–Kier alpha value is -1.02. The Balaban J connectivity index is 2.01. The van der Waals surface area contributed by atoms with Gasteiger partial charge in [-0.3, -0.25) is 0 Å². The average Bonchev–Trinajstić information content (AvgIpc) is 2.44. The second kappa shape index (κ2) is 6.17. The van der Waals surface area contributed by atoms with Crippen LogP contribution in [0.1, 0.15) is 45.6 Å². The molecule has 0 saturated heterocycles. The van der Waals surface area contributed by atoms with Crippen LogP contribution in [0.4, 0.5) is 5.69 Å². The number of rotatable bonds is 4. The van der Waals surface area contributed by atoms with Gasteiger partial charge < -0.3 is 10.6 Å². The highest BCUT2D eigenvalue weighted by Gasteiger charge is 2.36. The molecule has 0 aliphatic heterocycles. The molecule has 2 atom stereocenters. The predicted octanol–water partition coefficient (Wildman–Crippen LogP) is 3.84. The third kappa shape index (κ3) is 3.35. The van der Waals surface area contributed by atoms with E-state index >= 15 is 0 Å². The summed E-state index contributed by atoms with van der Waals surface area (Å²) >= 11 is 0. The Kier molecular flexibility index (Phi) is 4.74. The minimum absolute atomic E-state index is 0.288. The van der Waals surface area contributed by atoms with Crippen molar-refractivity contribution in [2.24, 2.45) is 17.1 Å². The van der Waals surface area contributed by atoms with Crippen molar-refractivity contribution < 1.29 is 0 Å².